The molecule has 1 saturated carbocycles. The number of hydrogen-bond donors (Lipinski definition) is 1. The molecule has 1 heterocycles. The molecule has 2 aliphatic rings. The van der Waals surface area contributed by atoms with Crippen LogP contribution in [-0.2, 0) is 11.3 Å². The lowest BCUT2D eigenvalue weighted by molar-refractivity contribution is -0.127. The molecule has 2 fully saturated rings. The Morgan fingerprint density at radius 1 is 1.11 bits per heavy atom. The average Bonchev–Trinajstić information content (AvgIpc) is 2.69. The monoisotopic (exact) mass is 371 g/mol. The van der Waals surface area contributed by atoms with Gasteiger partial charge in [0.2, 0.25) is 5.91 Å². The van der Waals surface area contributed by atoms with E-state index in [0.29, 0.717) is 6.04 Å². The molecule has 1 aliphatic heterocycles. The molecule has 0 aromatic heterocycles. The SMILES string of the molecule is CC(C(=O)NC1CCCCC1)N1CCC(CN(C)Cc2ccccc2)CC1. The van der Waals surface area contributed by atoms with Crippen LogP contribution < -0.4 is 5.32 Å². The maximum Gasteiger partial charge on any atom is 0.237 e. The Bertz CT molecular complexity index is 562. The van der Waals surface area contributed by atoms with Gasteiger partial charge >= 0.3 is 0 Å². The third kappa shape index (κ3) is 6.32. The minimum atomic E-state index is 0.00919. The van der Waals surface area contributed by atoms with Gasteiger partial charge in [-0.05, 0) is 64.2 Å². The van der Waals surface area contributed by atoms with Crippen molar-refractivity contribution in [1.82, 2.24) is 15.1 Å². The van der Waals surface area contributed by atoms with Crippen LogP contribution in [0.1, 0.15) is 57.4 Å². The zero-order chi connectivity index (χ0) is 19.1. The molecule has 1 aliphatic carbocycles. The predicted molar refractivity (Wildman–Crippen MR) is 112 cm³/mol. The van der Waals surface area contributed by atoms with Crippen LogP contribution in [0.5, 0.6) is 0 Å². The molecule has 1 unspecified atom stereocenters. The highest BCUT2D eigenvalue weighted by Crippen LogP contribution is 2.22. The van der Waals surface area contributed by atoms with Gasteiger partial charge in [-0.3, -0.25) is 9.69 Å². The summed E-state index contributed by atoms with van der Waals surface area (Å²) < 4.78 is 0. The van der Waals surface area contributed by atoms with E-state index in [9.17, 15) is 4.79 Å². The quantitative estimate of drug-likeness (QED) is 0.794. The number of benzene rings is 1. The van der Waals surface area contributed by atoms with Crippen LogP contribution >= 0.6 is 0 Å². The fourth-order valence-electron chi connectivity index (χ4n) is 4.66. The van der Waals surface area contributed by atoms with E-state index in [-0.39, 0.29) is 11.9 Å². The van der Waals surface area contributed by atoms with Gasteiger partial charge in [-0.15, -0.1) is 0 Å². The number of carbonyl (C=O) groups is 1. The third-order valence-corrected chi connectivity index (χ3v) is 6.39. The Morgan fingerprint density at radius 2 is 1.78 bits per heavy atom. The van der Waals surface area contributed by atoms with Crippen molar-refractivity contribution in [3.8, 4) is 0 Å². The molecular formula is C23H37N3O. The van der Waals surface area contributed by atoms with Crippen molar-refractivity contribution in [3.05, 3.63) is 35.9 Å². The summed E-state index contributed by atoms with van der Waals surface area (Å²) in [6.45, 7) is 6.33. The summed E-state index contributed by atoms with van der Waals surface area (Å²) in [6.07, 6.45) is 8.57. The molecule has 1 atom stereocenters. The molecule has 3 rings (SSSR count). The molecule has 1 saturated heterocycles. The van der Waals surface area contributed by atoms with Gasteiger partial charge in [0.15, 0.2) is 0 Å². The van der Waals surface area contributed by atoms with E-state index in [1.807, 2.05) is 0 Å². The van der Waals surface area contributed by atoms with Gasteiger partial charge in [0, 0.05) is 19.1 Å². The largest absolute Gasteiger partial charge is 0.352 e. The molecule has 1 amide bonds. The van der Waals surface area contributed by atoms with Gasteiger partial charge in [-0.2, -0.15) is 0 Å². The lowest BCUT2D eigenvalue weighted by atomic mass is 9.94. The number of nitrogens with zero attached hydrogens (tertiary/aromatic N) is 2. The van der Waals surface area contributed by atoms with E-state index >= 15 is 0 Å². The van der Waals surface area contributed by atoms with Crippen molar-refractivity contribution >= 4 is 5.91 Å². The van der Waals surface area contributed by atoms with E-state index in [1.165, 1.54) is 37.7 Å². The van der Waals surface area contributed by atoms with Gasteiger partial charge in [0.1, 0.15) is 0 Å². The van der Waals surface area contributed by atoms with Crippen molar-refractivity contribution in [2.75, 3.05) is 26.7 Å². The second-order valence-corrected chi connectivity index (χ2v) is 8.68. The van der Waals surface area contributed by atoms with Crippen molar-refractivity contribution in [3.63, 3.8) is 0 Å². The van der Waals surface area contributed by atoms with E-state index < -0.39 is 0 Å². The van der Waals surface area contributed by atoms with Crippen LogP contribution in [0.2, 0.25) is 0 Å². The van der Waals surface area contributed by atoms with Crippen molar-refractivity contribution in [2.24, 2.45) is 5.92 Å². The van der Waals surface area contributed by atoms with Crippen LogP contribution in [0.3, 0.4) is 0 Å². The second-order valence-electron chi connectivity index (χ2n) is 8.68. The Morgan fingerprint density at radius 3 is 2.44 bits per heavy atom. The summed E-state index contributed by atoms with van der Waals surface area (Å²) in [6, 6.07) is 11.1. The van der Waals surface area contributed by atoms with Gasteiger partial charge in [-0.25, -0.2) is 0 Å². The van der Waals surface area contributed by atoms with Gasteiger partial charge < -0.3 is 10.2 Å². The maximum atomic E-state index is 12.6. The summed E-state index contributed by atoms with van der Waals surface area (Å²) in [5.74, 6) is 0.977. The van der Waals surface area contributed by atoms with Crippen molar-refractivity contribution < 1.29 is 4.79 Å². The zero-order valence-electron chi connectivity index (χ0n) is 17.2. The Balaban J connectivity index is 1.38. The molecule has 0 radical (unpaired) electrons. The third-order valence-electron chi connectivity index (χ3n) is 6.39. The normalized spacial score (nSPS) is 21.3. The first-order valence-electron chi connectivity index (χ1n) is 10.9. The molecule has 1 aromatic rings. The van der Waals surface area contributed by atoms with Gasteiger partial charge in [-0.1, -0.05) is 49.6 Å². The second kappa shape index (κ2) is 10.2. The predicted octanol–water partition coefficient (Wildman–Crippen LogP) is 3.67. The fourth-order valence-corrected chi connectivity index (χ4v) is 4.66. The number of carbonyl (C=O) groups excluding carboxylic acids is 1. The van der Waals surface area contributed by atoms with E-state index in [4.69, 9.17) is 0 Å². The Kier molecular flexibility index (Phi) is 7.71. The molecular weight excluding hydrogens is 334 g/mol. The number of nitrogens with one attached hydrogen (secondary N) is 1. The molecule has 150 valence electrons. The van der Waals surface area contributed by atoms with Crippen molar-refractivity contribution in [2.45, 2.75) is 70.5 Å². The lowest BCUT2D eigenvalue weighted by Crippen LogP contribution is -2.51. The smallest absolute Gasteiger partial charge is 0.237 e. The first-order valence-corrected chi connectivity index (χ1v) is 10.9. The molecule has 4 nitrogen and oxygen atoms in total. The zero-order valence-corrected chi connectivity index (χ0v) is 17.2. The molecule has 27 heavy (non-hydrogen) atoms. The average molecular weight is 372 g/mol. The van der Waals surface area contributed by atoms with E-state index in [1.54, 1.807) is 0 Å². The van der Waals surface area contributed by atoms with Crippen LogP contribution in [0.25, 0.3) is 0 Å². The number of hydrogen-bond acceptors (Lipinski definition) is 3. The minimum Gasteiger partial charge on any atom is -0.352 e. The fraction of sp³-hybridized carbons (Fsp3) is 0.696. The standard InChI is InChI=1S/C23H37N3O/c1-19(23(27)24-22-11-7-4-8-12-22)26-15-13-21(14-16-26)18-25(2)17-20-9-5-3-6-10-20/h3,5-6,9-10,19,21-22H,4,7-8,11-18H2,1-2H3,(H,24,27). The van der Waals surface area contributed by atoms with Crippen LogP contribution in [-0.4, -0.2) is 54.5 Å². The summed E-state index contributed by atoms with van der Waals surface area (Å²) in [5.41, 5.74) is 1.38. The molecule has 0 spiro atoms. The number of likely N-dealkylation sites (tertiary alicyclic amines) is 1. The Labute approximate surface area is 165 Å². The van der Waals surface area contributed by atoms with Gasteiger partial charge in [0.25, 0.3) is 0 Å². The Hall–Kier alpha value is -1.39. The highest BCUT2D eigenvalue weighted by Gasteiger charge is 2.28. The van der Waals surface area contributed by atoms with E-state index in [0.717, 1.165) is 44.9 Å². The number of piperidine rings is 1. The maximum absolute atomic E-state index is 12.6. The lowest BCUT2D eigenvalue weighted by Gasteiger charge is -2.37. The summed E-state index contributed by atoms with van der Waals surface area (Å²) in [4.78, 5) is 17.4. The van der Waals surface area contributed by atoms with Crippen LogP contribution in [0.4, 0.5) is 0 Å². The summed E-state index contributed by atoms with van der Waals surface area (Å²) >= 11 is 0. The van der Waals surface area contributed by atoms with Crippen molar-refractivity contribution in [1.29, 1.82) is 0 Å². The molecule has 1 N–H and O–H groups in total. The van der Waals surface area contributed by atoms with E-state index in [2.05, 4.69) is 59.4 Å². The summed E-state index contributed by atoms with van der Waals surface area (Å²) in [7, 11) is 2.22. The van der Waals surface area contributed by atoms with Gasteiger partial charge in [0.05, 0.1) is 6.04 Å². The molecule has 0 bridgehead atoms. The number of amides is 1. The first-order chi connectivity index (χ1) is 13.1. The summed E-state index contributed by atoms with van der Waals surface area (Å²) in [5, 5.41) is 3.30. The highest BCUT2D eigenvalue weighted by atomic mass is 16.2. The molecule has 4 heteroatoms. The first kappa shape index (κ1) is 20.3. The number of rotatable bonds is 7. The highest BCUT2D eigenvalue weighted by molar-refractivity contribution is 5.81. The molecule has 1 aromatic carbocycles. The van der Waals surface area contributed by atoms with Crippen LogP contribution in [0.15, 0.2) is 30.3 Å². The topological polar surface area (TPSA) is 35.6 Å². The minimum absolute atomic E-state index is 0.00919. The van der Waals surface area contributed by atoms with Crippen LogP contribution in [0, 0.1) is 5.92 Å².